The lowest BCUT2D eigenvalue weighted by molar-refractivity contribution is 0.0830. The number of hydrogen-bond acceptors (Lipinski definition) is 5. The monoisotopic (exact) mass is 447 g/mol. The number of nitrogens with zero attached hydrogens (tertiary/aromatic N) is 3. The van der Waals surface area contributed by atoms with Crippen molar-refractivity contribution in [2.24, 2.45) is 0 Å². The highest BCUT2D eigenvalue weighted by molar-refractivity contribution is 5.82. The van der Waals surface area contributed by atoms with E-state index in [2.05, 4.69) is 11.0 Å². The second-order valence-corrected chi connectivity index (χ2v) is 8.25. The molecule has 3 aromatic rings. The molecule has 1 fully saturated rings. The number of aromatic nitrogens is 1. The Morgan fingerprint density at radius 2 is 1.91 bits per heavy atom. The van der Waals surface area contributed by atoms with Crippen LogP contribution in [0.1, 0.15) is 23.6 Å². The van der Waals surface area contributed by atoms with Crippen LogP contribution in [-0.4, -0.2) is 48.8 Å². The zero-order chi connectivity index (χ0) is 22.6. The first kappa shape index (κ1) is 21.4. The second kappa shape index (κ2) is 9.58. The zero-order valence-electron chi connectivity index (χ0n) is 18.3. The van der Waals surface area contributed by atoms with Crippen molar-refractivity contribution in [2.45, 2.75) is 19.1 Å². The summed E-state index contributed by atoms with van der Waals surface area (Å²) >= 11 is 0. The molecule has 0 bridgehead atoms. The van der Waals surface area contributed by atoms with Crippen LogP contribution in [0.4, 0.5) is 15.0 Å². The van der Waals surface area contributed by atoms with Gasteiger partial charge in [0.2, 0.25) is 0 Å². The molecule has 2 aliphatic heterocycles. The van der Waals surface area contributed by atoms with Crippen LogP contribution in [0, 0.1) is 5.82 Å². The number of rotatable bonds is 4. The molecular weight excluding hydrogens is 421 g/mol. The summed E-state index contributed by atoms with van der Waals surface area (Å²) < 4.78 is 25.1. The Balaban J connectivity index is 1.48. The van der Waals surface area contributed by atoms with Crippen LogP contribution >= 0.6 is 0 Å². The van der Waals surface area contributed by atoms with E-state index in [-0.39, 0.29) is 24.6 Å². The average Bonchev–Trinajstić information content (AvgIpc) is 2.87. The minimum absolute atomic E-state index is 0.220. The summed E-state index contributed by atoms with van der Waals surface area (Å²) in [6.07, 6.45) is 4.37. The zero-order valence-corrected chi connectivity index (χ0v) is 18.3. The highest BCUT2D eigenvalue weighted by Crippen LogP contribution is 2.36. The molecule has 2 aromatic carbocycles. The van der Waals surface area contributed by atoms with Gasteiger partial charge in [0.05, 0.1) is 24.8 Å². The van der Waals surface area contributed by atoms with Crippen molar-refractivity contribution in [3.8, 4) is 0 Å². The third-order valence-electron chi connectivity index (χ3n) is 6.10. The summed E-state index contributed by atoms with van der Waals surface area (Å²) in [6, 6.07) is 16.1. The normalized spacial score (nSPS) is 18.5. The Morgan fingerprint density at radius 3 is 2.73 bits per heavy atom. The minimum Gasteiger partial charge on any atom is -0.445 e. The average molecular weight is 448 g/mol. The number of carbonyl (C=O) groups excluding carboxylic acids is 1. The number of benzene rings is 2. The lowest BCUT2D eigenvalue weighted by atomic mass is 9.97. The first-order valence-electron chi connectivity index (χ1n) is 11.2. The van der Waals surface area contributed by atoms with Crippen LogP contribution in [0.25, 0.3) is 10.9 Å². The van der Waals surface area contributed by atoms with Crippen molar-refractivity contribution in [2.75, 3.05) is 37.7 Å². The van der Waals surface area contributed by atoms with Gasteiger partial charge in [0.25, 0.3) is 0 Å². The maximum absolute atomic E-state index is 13.9. The maximum Gasteiger partial charge on any atom is 0.410 e. The number of carbonyl (C=O) groups is 1. The Bertz CT molecular complexity index is 1160. The third kappa shape index (κ3) is 4.68. The molecule has 2 aliphatic rings. The number of pyridine rings is 1. The minimum atomic E-state index is -0.361. The lowest BCUT2D eigenvalue weighted by Gasteiger charge is -2.36. The lowest BCUT2D eigenvalue weighted by Crippen LogP contribution is -2.40. The highest BCUT2D eigenvalue weighted by Gasteiger charge is 2.31. The molecule has 1 amide bonds. The van der Waals surface area contributed by atoms with Gasteiger partial charge in [-0.15, -0.1) is 0 Å². The molecule has 6 nitrogen and oxygen atoms in total. The largest absolute Gasteiger partial charge is 0.445 e. The summed E-state index contributed by atoms with van der Waals surface area (Å²) in [6.45, 7) is 3.29. The van der Waals surface area contributed by atoms with Crippen LogP contribution in [-0.2, 0) is 16.1 Å². The first-order valence-corrected chi connectivity index (χ1v) is 11.2. The molecule has 0 N–H and O–H groups in total. The Hall–Kier alpha value is -3.45. The van der Waals surface area contributed by atoms with Gasteiger partial charge in [0, 0.05) is 36.7 Å². The van der Waals surface area contributed by atoms with Crippen molar-refractivity contribution in [1.29, 1.82) is 0 Å². The summed E-state index contributed by atoms with van der Waals surface area (Å²) in [5, 5.41) is 0.843. The van der Waals surface area contributed by atoms with Crippen molar-refractivity contribution in [1.82, 2.24) is 9.88 Å². The van der Waals surface area contributed by atoms with E-state index >= 15 is 0 Å². The fourth-order valence-electron chi connectivity index (χ4n) is 4.39. The fraction of sp³-hybridized carbons (Fsp3) is 0.308. The van der Waals surface area contributed by atoms with E-state index in [1.165, 1.54) is 12.1 Å². The fourth-order valence-corrected chi connectivity index (χ4v) is 4.39. The van der Waals surface area contributed by atoms with E-state index in [4.69, 9.17) is 14.5 Å². The first-order chi connectivity index (χ1) is 16.2. The van der Waals surface area contributed by atoms with Crippen LogP contribution in [0.3, 0.4) is 0 Å². The van der Waals surface area contributed by atoms with Crippen LogP contribution < -0.4 is 4.90 Å². The molecule has 1 unspecified atom stereocenters. The summed E-state index contributed by atoms with van der Waals surface area (Å²) in [5.41, 5.74) is 2.49. The van der Waals surface area contributed by atoms with Gasteiger partial charge in [-0.25, -0.2) is 14.2 Å². The number of halogens is 1. The molecule has 170 valence electrons. The highest BCUT2D eigenvalue weighted by atomic mass is 19.1. The molecular formula is C26H26FN3O3. The Labute approximate surface area is 192 Å². The summed E-state index contributed by atoms with van der Waals surface area (Å²) in [5.74, 6) is 0.458. The van der Waals surface area contributed by atoms with Crippen molar-refractivity contribution in [3.63, 3.8) is 0 Å². The molecule has 0 radical (unpaired) electrons. The number of amides is 1. The quantitative estimate of drug-likeness (QED) is 0.535. The van der Waals surface area contributed by atoms with Gasteiger partial charge in [-0.3, -0.25) is 4.90 Å². The molecule has 3 heterocycles. The standard InChI is InChI=1S/C26H26FN3O3/c27-21-10-9-20-16-22(25(28-23(20)17-21)29-12-14-32-15-13-29)24-8-4-5-11-30(24)26(31)33-18-19-6-2-1-3-7-19/h1-7,9-10,16-17,24H,8,11-15,18H2. The van der Waals surface area contributed by atoms with Crippen molar-refractivity contribution in [3.05, 3.63) is 83.7 Å². The SMILES string of the molecule is O=C(OCc1ccccc1)N1CC=CCC1c1cc2ccc(F)cc2nc1N1CCOCC1. The number of morpholine rings is 1. The van der Waals surface area contributed by atoms with Crippen LogP contribution in [0.5, 0.6) is 0 Å². The van der Waals surface area contributed by atoms with Gasteiger partial charge in [-0.1, -0.05) is 42.5 Å². The second-order valence-electron chi connectivity index (χ2n) is 8.25. The van der Waals surface area contributed by atoms with Gasteiger partial charge in [0.1, 0.15) is 18.2 Å². The number of anilines is 1. The maximum atomic E-state index is 13.9. The molecule has 33 heavy (non-hydrogen) atoms. The van der Waals surface area contributed by atoms with E-state index < -0.39 is 0 Å². The van der Waals surface area contributed by atoms with Gasteiger partial charge >= 0.3 is 6.09 Å². The van der Waals surface area contributed by atoms with Crippen LogP contribution in [0.2, 0.25) is 0 Å². The molecule has 7 heteroatoms. The predicted molar refractivity (Wildman–Crippen MR) is 125 cm³/mol. The number of ether oxygens (including phenoxy) is 2. The topological polar surface area (TPSA) is 54.9 Å². The molecule has 0 spiro atoms. The van der Waals surface area contributed by atoms with Gasteiger partial charge < -0.3 is 14.4 Å². The third-order valence-corrected chi connectivity index (χ3v) is 6.10. The molecule has 1 atom stereocenters. The summed E-state index contributed by atoms with van der Waals surface area (Å²) in [7, 11) is 0. The van der Waals surface area contributed by atoms with Crippen molar-refractivity contribution >= 4 is 22.8 Å². The molecule has 1 aromatic heterocycles. The van der Waals surface area contributed by atoms with E-state index in [1.54, 1.807) is 11.0 Å². The van der Waals surface area contributed by atoms with Crippen molar-refractivity contribution < 1.29 is 18.7 Å². The predicted octanol–water partition coefficient (Wildman–Crippen LogP) is 4.85. The number of hydrogen-bond donors (Lipinski definition) is 0. The van der Waals surface area contributed by atoms with E-state index in [1.807, 2.05) is 42.5 Å². The van der Waals surface area contributed by atoms with E-state index in [0.717, 1.165) is 22.3 Å². The Kier molecular flexibility index (Phi) is 6.21. The van der Waals surface area contributed by atoms with Gasteiger partial charge in [-0.2, -0.15) is 0 Å². The number of fused-ring (bicyclic) bond motifs is 1. The molecule has 1 saturated heterocycles. The smallest absolute Gasteiger partial charge is 0.410 e. The van der Waals surface area contributed by atoms with Gasteiger partial charge in [0.15, 0.2) is 0 Å². The van der Waals surface area contributed by atoms with Crippen LogP contribution in [0.15, 0.2) is 66.7 Å². The summed E-state index contributed by atoms with van der Waals surface area (Å²) in [4.78, 5) is 21.9. The molecule has 0 saturated carbocycles. The Morgan fingerprint density at radius 1 is 1.09 bits per heavy atom. The van der Waals surface area contributed by atoms with E-state index in [0.29, 0.717) is 44.8 Å². The molecule has 5 rings (SSSR count). The van der Waals surface area contributed by atoms with E-state index in [9.17, 15) is 9.18 Å². The molecule has 0 aliphatic carbocycles. The van der Waals surface area contributed by atoms with Gasteiger partial charge in [-0.05, 0) is 30.2 Å².